The van der Waals surface area contributed by atoms with Gasteiger partial charge < -0.3 is 9.64 Å². The molecule has 0 bridgehead atoms. The zero-order chi connectivity index (χ0) is 18.0. The molecule has 1 aliphatic heterocycles. The highest BCUT2D eigenvalue weighted by molar-refractivity contribution is 7.92. The molecule has 0 saturated heterocycles. The quantitative estimate of drug-likeness (QED) is 0.840. The van der Waals surface area contributed by atoms with Crippen molar-refractivity contribution in [2.45, 2.75) is 6.92 Å². The Bertz CT molecular complexity index is 895. The van der Waals surface area contributed by atoms with Crippen LogP contribution >= 0.6 is 0 Å². The molecule has 7 heteroatoms. The number of carbonyl (C=O) groups excluding carboxylic acids is 1. The predicted octanol–water partition coefficient (Wildman–Crippen LogP) is 2.51. The number of anilines is 2. The van der Waals surface area contributed by atoms with Crippen molar-refractivity contribution >= 4 is 27.3 Å². The number of para-hydroxylation sites is 2. The van der Waals surface area contributed by atoms with E-state index in [9.17, 15) is 13.2 Å². The van der Waals surface area contributed by atoms with Crippen LogP contribution in [-0.4, -0.2) is 40.3 Å². The standard InChI is InChI=1S/C18H20N2O4S/c1-3-25(22,23)19(2)15-8-6-7-14(13-15)18(21)20-11-12-24-17-10-5-4-9-16(17)20/h4-10,13H,3,11-12H2,1-2H3. The summed E-state index contributed by atoms with van der Waals surface area (Å²) in [6.45, 7) is 2.46. The normalized spacial score (nSPS) is 13.8. The number of carbonyl (C=O) groups is 1. The first-order valence-corrected chi connectivity index (χ1v) is 9.65. The molecule has 25 heavy (non-hydrogen) atoms. The fourth-order valence-corrected chi connectivity index (χ4v) is 3.55. The van der Waals surface area contributed by atoms with Gasteiger partial charge in [0, 0.05) is 12.6 Å². The monoisotopic (exact) mass is 360 g/mol. The number of benzene rings is 2. The van der Waals surface area contributed by atoms with Gasteiger partial charge in [-0.1, -0.05) is 18.2 Å². The van der Waals surface area contributed by atoms with Crippen LogP contribution in [0.2, 0.25) is 0 Å². The molecular formula is C18H20N2O4S. The van der Waals surface area contributed by atoms with Crippen molar-refractivity contribution in [3.05, 3.63) is 54.1 Å². The van der Waals surface area contributed by atoms with Gasteiger partial charge in [-0.05, 0) is 37.3 Å². The SMILES string of the molecule is CCS(=O)(=O)N(C)c1cccc(C(=O)N2CCOc3ccccc32)c1. The van der Waals surface area contributed by atoms with Crippen LogP contribution < -0.4 is 13.9 Å². The fourth-order valence-electron chi connectivity index (χ4n) is 2.73. The number of fused-ring (bicyclic) bond motifs is 1. The molecule has 0 aromatic heterocycles. The molecule has 1 aliphatic rings. The average Bonchev–Trinajstić information content (AvgIpc) is 2.66. The molecule has 0 atom stereocenters. The summed E-state index contributed by atoms with van der Waals surface area (Å²) in [4.78, 5) is 14.6. The number of rotatable bonds is 4. The maximum atomic E-state index is 13.0. The predicted molar refractivity (Wildman–Crippen MR) is 97.9 cm³/mol. The second-order valence-corrected chi connectivity index (χ2v) is 7.98. The van der Waals surface area contributed by atoms with E-state index in [1.54, 1.807) is 36.1 Å². The molecule has 3 rings (SSSR count). The first-order chi connectivity index (χ1) is 11.9. The largest absolute Gasteiger partial charge is 0.490 e. The highest BCUT2D eigenvalue weighted by Crippen LogP contribution is 2.32. The Balaban J connectivity index is 1.93. The zero-order valence-electron chi connectivity index (χ0n) is 14.2. The minimum Gasteiger partial charge on any atom is -0.490 e. The van der Waals surface area contributed by atoms with Gasteiger partial charge in [0.25, 0.3) is 5.91 Å². The Morgan fingerprint density at radius 3 is 2.72 bits per heavy atom. The lowest BCUT2D eigenvalue weighted by molar-refractivity contribution is 0.0976. The summed E-state index contributed by atoms with van der Waals surface area (Å²) in [6.07, 6.45) is 0. The van der Waals surface area contributed by atoms with Gasteiger partial charge in [-0.2, -0.15) is 0 Å². The second kappa shape index (κ2) is 6.76. The van der Waals surface area contributed by atoms with E-state index in [4.69, 9.17) is 4.74 Å². The number of amides is 1. The maximum absolute atomic E-state index is 13.0. The van der Waals surface area contributed by atoms with Crippen LogP contribution in [0.4, 0.5) is 11.4 Å². The third-order valence-corrected chi connectivity index (χ3v) is 5.99. The Labute approximate surface area is 147 Å². The second-order valence-electron chi connectivity index (χ2n) is 5.69. The lowest BCUT2D eigenvalue weighted by Crippen LogP contribution is -2.38. The molecule has 6 nitrogen and oxygen atoms in total. The Hall–Kier alpha value is -2.54. The molecule has 0 N–H and O–H groups in total. The molecule has 2 aromatic rings. The van der Waals surface area contributed by atoms with Crippen LogP contribution in [0.5, 0.6) is 5.75 Å². The minimum absolute atomic E-state index is 0.00147. The fraction of sp³-hybridized carbons (Fsp3) is 0.278. The lowest BCUT2D eigenvalue weighted by Gasteiger charge is -2.29. The Morgan fingerprint density at radius 1 is 1.20 bits per heavy atom. The molecule has 0 fully saturated rings. The van der Waals surface area contributed by atoms with Crippen molar-refractivity contribution in [2.24, 2.45) is 0 Å². The Kier molecular flexibility index (Phi) is 4.67. The molecule has 0 radical (unpaired) electrons. The lowest BCUT2D eigenvalue weighted by atomic mass is 10.1. The molecule has 1 amide bonds. The number of sulfonamides is 1. The van der Waals surface area contributed by atoms with Crippen LogP contribution in [0, 0.1) is 0 Å². The van der Waals surface area contributed by atoms with Gasteiger partial charge in [0.2, 0.25) is 10.0 Å². The van der Waals surface area contributed by atoms with Crippen molar-refractivity contribution in [3.8, 4) is 5.75 Å². The van der Waals surface area contributed by atoms with Gasteiger partial charge in [-0.15, -0.1) is 0 Å². The number of hydrogen-bond acceptors (Lipinski definition) is 4. The first-order valence-electron chi connectivity index (χ1n) is 8.04. The molecule has 0 spiro atoms. The number of ether oxygens (including phenoxy) is 1. The summed E-state index contributed by atoms with van der Waals surface area (Å²) in [5.41, 5.74) is 1.63. The van der Waals surface area contributed by atoms with Crippen molar-refractivity contribution in [3.63, 3.8) is 0 Å². The van der Waals surface area contributed by atoms with E-state index in [0.29, 0.717) is 30.2 Å². The third-order valence-electron chi connectivity index (χ3n) is 4.21. The molecular weight excluding hydrogens is 340 g/mol. The van der Waals surface area contributed by atoms with E-state index in [-0.39, 0.29) is 11.7 Å². The van der Waals surface area contributed by atoms with E-state index in [0.717, 1.165) is 5.69 Å². The summed E-state index contributed by atoms with van der Waals surface area (Å²) < 4.78 is 30.9. The van der Waals surface area contributed by atoms with E-state index in [1.165, 1.54) is 11.4 Å². The van der Waals surface area contributed by atoms with Crippen molar-refractivity contribution < 1.29 is 17.9 Å². The first kappa shape index (κ1) is 17.3. The summed E-state index contributed by atoms with van der Waals surface area (Å²) >= 11 is 0. The van der Waals surface area contributed by atoms with Crippen molar-refractivity contribution in [1.82, 2.24) is 0 Å². The van der Waals surface area contributed by atoms with Crippen LogP contribution in [-0.2, 0) is 10.0 Å². The van der Waals surface area contributed by atoms with E-state index >= 15 is 0 Å². The molecule has 0 saturated carbocycles. The molecule has 0 aliphatic carbocycles. The van der Waals surface area contributed by atoms with E-state index < -0.39 is 10.0 Å². The third kappa shape index (κ3) is 3.32. The van der Waals surface area contributed by atoms with Crippen LogP contribution in [0.25, 0.3) is 0 Å². The van der Waals surface area contributed by atoms with Gasteiger partial charge in [0.1, 0.15) is 12.4 Å². The van der Waals surface area contributed by atoms with E-state index in [1.807, 2.05) is 24.3 Å². The van der Waals surface area contributed by atoms with Gasteiger partial charge in [0.05, 0.1) is 23.7 Å². The number of nitrogens with zero attached hydrogens (tertiary/aromatic N) is 2. The van der Waals surface area contributed by atoms with Crippen molar-refractivity contribution in [1.29, 1.82) is 0 Å². The molecule has 0 unspecified atom stereocenters. The minimum atomic E-state index is -3.38. The topological polar surface area (TPSA) is 66.9 Å². The summed E-state index contributed by atoms with van der Waals surface area (Å²) in [5.74, 6) is 0.488. The van der Waals surface area contributed by atoms with Gasteiger partial charge in [-0.25, -0.2) is 8.42 Å². The van der Waals surface area contributed by atoms with Crippen molar-refractivity contribution in [2.75, 3.05) is 35.2 Å². The summed E-state index contributed by atoms with van der Waals surface area (Å²) in [7, 11) is -1.89. The Morgan fingerprint density at radius 2 is 1.96 bits per heavy atom. The highest BCUT2D eigenvalue weighted by atomic mass is 32.2. The number of hydrogen-bond donors (Lipinski definition) is 0. The zero-order valence-corrected chi connectivity index (χ0v) is 15.0. The van der Waals surface area contributed by atoms with Crippen LogP contribution in [0.15, 0.2) is 48.5 Å². The highest BCUT2D eigenvalue weighted by Gasteiger charge is 2.25. The smallest absolute Gasteiger partial charge is 0.258 e. The maximum Gasteiger partial charge on any atom is 0.258 e. The van der Waals surface area contributed by atoms with Gasteiger partial charge in [-0.3, -0.25) is 9.10 Å². The molecule has 132 valence electrons. The molecule has 2 aromatic carbocycles. The van der Waals surface area contributed by atoms with Gasteiger partial charge in [0.15, 0.2) is 0 Å². The van der Waals surface area contributed by atoms with Gasteiger partial charge >= 0.3 is 0 Å². The van der Waals surface area contributed by atoms with Crippen LogP contribution in [0.3, 0.4) is 0 Å². The summed E-state index contributed by atoms with van der Waals surface area (Å²) in [6, 6.07) is 14.0. The summed E-state index contributed by atoms with van der Waals surface area (Å²) in [5, 5.41) is 0. The van der Waals surface area contributed by atoms with Crippen LogP contribution in [0.1, 0.15) is 17.3 Å². The molecule has 1 heterocycles. The average molecular weight is 360 g/mol. The van der Waals surface area contributed by atoms with E-state index in [2.05, 4.69) is 0 Å².